The summed E-state index contributed by atoms with van der Waals surface area (Å²) in [6.45, 7) is 2.16. The van der Waals surface area contributed by atoms with Crippen molar-refractivity contribution < 1.29 is 22.7 Å². The van der Waals surface area contributed by atoms with Gasteiger partial charge in [0.05, 0.1) is 4.90 Å². The lowest BCUT2D eigenvalue weighted by atomic mass is 10.0. The average molecular weight is 359 g/mol. The molecule has 0 N–H and O–H groups in total. The van der Waals surface area contributed by atoms with E-state index in [0.717, 1.165) is 4.90 Å². The first kappa shape index (κ1) is 16.2. The van der Waals surface area contributed by atoms with Crippen LogP contribution in [0.4, 0.5) is 4.79 Å². The Labute approximate surface area is 138 Å². The molecule has 1 aromatic rings. The predicted octanol–water partition coefficient (Wildman–Crippen LogP) is 1.25. The van der Waals surface area contributed by atoms with Crippen LogP contribution >= 0.6 is 11.6 Å². The molecule has 2 aliphatic heterocycles. The standard InChI is InChI=1S/C14H15ClN2O5S/c1-9-2-3-11(15)4-12(9)23(20,21)16-5-10(6-16)7-17-13(18)8-22-14(17)19/h2-4,10H,5-8H2,1H3. The number of halogens is 1. The van der Waals surface area contributed by atoms with E-state index in [1.54, 1.807) is 19.1 Å². The van der Waals surface area contributed by atoms with Gasteiger partial charge in [0.25, 0.3) is 5.91 Å². The summed E-state index contributed by atoms with van der Waals surface area (Å²) in [6.07, 6.45) is -0.665. The fraction of sp³-hybridized carbons (Fsp3) is 0.429. The van der Waals surface area contributed by atoms with Crippen molar-refractivity contribution in [3.8, 4) is 0 Å². The van der Waals surface area contributed by atoms with E-state index in [1.165, 1.54) is 10.4 Å². The molecule has 2 saturated heterocycles. The van der Waals surface area contributed by atoms with Gasteiger partial charge in [0.15, 0.2) is 6.61 Å². The zero-order chi connectivity index (χ0) is 16.8. The number of ether oxygens (including phenoxy) is 1. The number of benzene rings is 1. The van der Waals surface area contributed by atoms with E-state index in [-0.39, 0.29) is 43.0 Å². The maximum Gasteiger partial charge on any atom is 0.417 e. The number of aryl methyl sites for hydroxylation is 1. The molecule has 1 aromatic carbocycles. The third-order valence-corrected chi connectivity index (χ3v) is 6.18. The van der Waals surface area contributed by atoms with Crippen molar-refractivity contribution in [2.75, 3.05) is 26.2 Å². The van der Waals surface area contributed by atoms with E-state index in [0.29, 0.717) is 10.6 Å². The fourth-order valence-corrected chi connectivity index (χ4v) is 4.72. The topological polar surface area (TPSA) is 84.0 Å². The molecule has 3 rings (SSSR count). The maximum atomic E-state index is 12.6. The van der Waals surface area contributed by atoms with Crippen LogP contribution in [0.1, 0.15) is 5.56 Å². The zero-order valence-electron chi connectivity index (χ0n) is 12.4. The van der Waals surface area contributed by atoms with Crippen molar-refractivity contribution in [1.82, 2.24) is 9.21 Å². The highest BCUT2D eigenvalue weighted by Gasteiger charge is 2.41. The Morgan fingerprint density at radius 2 is 2.00 bits per heavy atom. The van der Waals surface area contributed by atoms with Gasteiger partial charge < -0.3 is 4.74 Å². The van der Waals surface area contributed by atoms with E-state index in [4.69, 9.17) is 11.6 Å². The lowest BCUT2D eigenvalue weighted by molar-refractivity contribution is -0.126. The molecule has 2 amide bonds. The number of nitrogens with zero attached hydrogens (tertiary/aromatic N) is 2. The van der Waals surface area contributed by atoms with Crippen LogP contribution in [0.3, 0.4) is 0 Å². The van der Waals surface area contributed by atoms with Gasteiger partial charge in [0.2, 0.25) is 10.0 Å². The summed E-state index contributed by atoms with van der Waals surface area (Å²) in [4.78, 5) is 24.1. The quantitative estimate of drug-likeness (QED) is 0.808. The molecule has 9 heteroatoms. The molecule has 0 aromatic heterocycles. The first-order valence-corrected chi connectivity index (χ1v) is 8.84. The Balaban J connectivity index is 1.67. The summed E-state index contributed by atoms with van der Waals surface area (Å²) in [5.74, 6) is -0.471. The van der Waals surface area contributed by atoms with Crippen molar-refractivity contribution in [2.45, 2.75) is 11.8 Å². The molecule has 2 heterocycles. The molecule has 7 nitrogen and oxygen atoms in total. The van der Waals surface area contributed by atoms with Gasteiger partial charge in [0.1, 0.15) is 0 Å². The smallest absolute Gasteiger partial charge is 0.417 e. The SMILES string of the molecule is Cc1ccc(Cl)cc1S(=O)(=O)N1CC(CN2C(=O)COC2=O)C1. The Morgan fingerprint density at radius 1 is 1.30 bits per heavy atom. The van der Waals surface area contributed by atoms with Crippen LogP contribution in [0.15, 0.2) is 23.1 Å². The van der Waals surface area contributed by atoms with Crippen molar-refractivity contribution in [1.29, 1.82) is 0 Å². The molecule has 0 aliphatic carbocycles. The molecule has 23 heavy (non-hydrogen) atoms. The second-order valence-electron chi connectivity index (χ2n) is 5.66. The number of rotatable bonds is 4. The number of sulfonamides is 1. The number of amides is 2. The highest BCUT2D eigenvalue weighted by molar-refractivity contribution is 7.89. The van der Waals surface area contributed by atoms with Gasteiger partial charge in [-0.2, -0.15) is 4.31 Å². The number of carbonyl (C=O) groups is 2. The summed E-state index contributed by atoms with van der Waals surface area (Å²) in [7, 11) is -3.62. The predicted molar refractivity (Wildman–Crippen MR) is 81.5 cm³/mol. The third kappa shape index (κ3) is 2.93. The molecule has 124 valence electrons. The van der Waals surface area contributed by atoms with Gasteiger partial charge in [-0.1, -0.05) is 17.7 Å². The Bertz CT molecular complexity index is 757. The van der Waals surface area contributed by atoms with Crippen molar-refractivity contribution in [2.24, 2.45) is 5.92 Å². The van der Waals surface area contributed by atoms with Crippen LogP contribution in [0.5, 0.6) is 0 Å². The lowest BCUT2D eigenvalue weighted by Crippen LogP contribution is -2.54. The molecule has 0 saturated carbocycles. The number of imide groups is 1. The first-order valence-electron chi connectivity index (χ1n) is 7.02. The minimum Gasteiger partial charge on any atom is -0.439 e. The molecular formula is C14H15ClN2O5S. The maximum absolute atomic E-state index is 12.6. The molecule has 0 atom stereocenters. The van der Waals surface area contributed by atoms with Gasteiger partial charge in [-0.15, -0.1) is 0 Å². The van der Waals surface area contributed by atoms with Crippen LogP contribution in [0, 0.1) is 12.8 Å². The third-order valence-electron chi connectivity index (χ3n) is 3.97. The van der Waals surface area contributed by atoms with Crippen molar-refractivity contribution >= 4 is 33.6 Å². The fourth-order valence-electron chi connectivity index (χ4n) is 2.64. The van der Waals surface area contributed by atoms with Gasteiger partial charge in [-0.3, -0.25) is 4.79 Å². The second kappa shape index (κ2) is 5.77. The minimum atomic E-state index is -3.62. The van der Waals surface area contributed by atoms with E-state index in [2.05, 4.69) is 4.74 Å². The number of hydrogen-bond acceptors (Lipinski definition) is 5. The molecule has 0 bridgehead atoms. The molecule has 0 spiro atoms. The van der Waals surface area contributed by atoms with E-state index >= 15 is 0 Å². The summed E-state index contributed by atoms with van der Waals surface area (Å²) in [6, 6.07) is 4.73. The Hall–Kier alpha value is -1.64. The molecule has 2 fully saturated rings. The number of hydrogen-bond donors (Lipinski definition) is 0. The van der Waals surface area contributed by atoms with Crippen LogP contribution in [-0.4, -0.2) is 55.9 Å². The van der Waals surface area contributed by atoms with Crippen LogP contribution in [-0.2, 0) is 19.6 Å². The van der Waals surface area contributed by atoms with Gasteiger partial charge in [-0.25, -0.2) is 18.1 Å². The summed E-state index contributed by atoms with van der Waals surface area (Å²) < 4.78 is 31.1. The highest BCUT2D eigenvalue weighted by atomic mass is 35.5. The summed E-state index contributed by atoms with van der Waals surface area (Å²) >= 11 is 5.88. The molecule has 2 aliphatic rings. The van der Waals surface area contributed by atoms with E-state index in [1.807, 2.05) is 0 Å². The summed E-state index contributed by atoms with van der Waals surface area (Å²) in [5.41, 5.74) is 0.621. The minimum absolute atomic E-state index is 0.0844. The number of carbonyl (C=O) groups excluding carboxylic acids is 2. The molecule has 0 unspecified atom stereocenters. The Kier molecular flexibility index (Phi) is 4.07. The van der Waals surface area contributed by atoms with Gasteiger partial charge in [-0.05, 0) is 24.6 Å². The van der Waals surface area contributed by atoms with Crippen LogP contribution in [0.2, 0.25) is 5.02 Å². The second-order valence-corrected chi connectivity index (χ2v) is 8.00. The summed E-state index contributed by atoms with van der Waals surface area (Å²) in [5, 5.41) is 0.358. The van der Waals surface area contributed by atoms with Crippen molar-refractivity contribution in [3.63, 3.8) is 0 Å². The van der Waals surface area contributed by atoms with Gasteiger partial charge in [0, 0.05) is 30.6 Å². The largest absolute Gasteiger partial charge is 0.439 e. The molecule has 0 radical (unpaired) electrons. The monoisotopic (exact) mass is 358 g/mol. The highest BCUT2D eigenvalue weighted by Crippen LogP contribution is 2.29. The lowest BCUT2D eigenvalue weighted by Gasteiger charge is -2.39. The Morgan fingerprint density at radius 3 is 2.61 bits per heavy atom. The normalized spacial score (nSPS) is 19.8. The molecular weight excluding hydrogens is 344 g/mol. The number of cyclic esters (lactones) is 1. The van der Waals surface area contributed by atoms with Crippen LogP contribution < -0.4 is 0 Å². The first-order chi connectivity index (χ1) is 10.8. The van der Waals surface area contributed by atoms with E-state index < -0.39 is 16.1 Å². The van der Waals surface area contributed by atoms with Crippen molar-refractivity contribution in [3.05, 3.63) is 28.8 Å². The average Bonchev–Trinajstić information content (AvgIpc) is 2.75. The van der Waals surface area contributed by atoms with Gasteiger partial charge >= 0.3 is 6.09 Å². The van der Waals surface area contributed by atoms with Crippen LogP contribution in [0.25, 0.3) is 0 Å². The zero-order valence-corrected chi connectivity index (χ0v) is 13.9. The van der Waals surface area contributed by atoms with E-state index in [9.17, 15) is 18.0 Å².